The van der Waals surface area contributed by atoms with Crippen LogP contribution in [0.1, 0.15) is 16.7 Å². The highest BCUT2D eigenvalue weighted by Gasteiger charge is 2.20. The van der Waals surface area contributed by atoms with E-state index < -0.39 is 7.12 Å². The minimum atomic E-state index is -0.725. The number of fused-ring (bicyclic) bond motifs is 1. The lowest BCUT2D eigenvalue weighted by molar-refractivity contribution is 0.266. The summed E-state index contributed by atoms with van der Waals surface area (Å²) in [5.41, 5.74) is 2.83. The summed E-state index contributed by atoms with van der Waals surface area (Å²) in [5.74, 6) is 1.44. The second-order valence-electron chi connectivity index (χ2n) is 4.95. The Hall–Kier alpha value is -2.29. The Labute approximate surface area is 123 Å². The van der Waals surface area contributed by atoms with Crippen LogP contribution in [-0.4, -0.2) is 18.7 Å². The monoisotopic (exact) mass is 279 g/mol. The van der Waals surface area contributed by atoms with E-state index in [1.807, 2.05) is 18.2 Å². The number of nitrogens with zero attached hydrogens (tertiary/aromatic N) is 1. The van der Waals surface area contributed by atoms with Gasteiger partial charge in [-0.2, -0.15) is 5.26 Å². The van der Waals surface area contributed by atoms with E-state index >= 15 is 0 Å². The van der Waals surface area contributed by atoms with Gasteiger partial charge in [-0.25, -0.2) is 0 Å². The summed E-state index contributed by atoms with van der Waals surface area (Å²) in [5, 5.41) is 18.4. The van der Waals surface area contributed by atoms with Gasteiger partial charge < -0.3 is 14.4 Å². The van der Waals surface area contributed by atoms with Crippen LogP contribution in [-0.2, 0) is 17.4 Å². The van der Waals surface area contributed by atoms with E-state index in [1.54, 1.807) is 24.3 Å². The Balaban J connectivity index is 1.80. The molecule has 1 N–H and O–H groups in total. The van der Waals surface area contributed by atoms with Crippen molar-refractivity contribution in [2.24, 2.45) is 0 Å². The lowest BCUT2D eigenvalue weighted by Gasteiger charge is -2.10. The molecule has 3 rings (SSSR count). The van der Waals surface area contributed by atoms with Crippen molar-refractivity contribution < 1.29 is 14.4 Å². The molecule has 2 aromatic rings. The fourth-order valence-corrected chi connectivity index (χ4v) is 2.38. The molecule has 0 saturated heterocycles. The molecule has 1 aliphatic heterocycles. The van der Waals surface area contributed by atoms with Gasteiger partial charge >= 0.3 is 7.12 Å². The fourth-order valence-electron chi connectivity index (χ4n) is 2.38. The predicted molar refractivity (Wildman–Crippen MR) is 79.0 cm³/mol. The van der Waals surface area contributed by atoms with Crippen LogP contribution in [0.15, 0.2) is 42.5 Å². The van der Waals surface area contributed by atoms with Gasteiger partial charge in [-0.15, -0.1) is 0 Å². The van der Waals surface area contributed by atoms with Gasteiger partial charge in [0.25, 0.3) is 0 Å². The van der Waals surface area contributed by atoms with Crippen LogP contribution < -0.4 is 4.74 Å². The molecule has 0 amide bonds. The van der Waals surface area contributed by atoms with E-state index in [0.29, 0.717) is 24.2 Å². The first-order valence-corrected chi connectivity index (χ1v) is 6.84. The van der Waals surface area contributed by atoms with Crippen LogP contribution in [0, 0.1) is 11.3 Å². The fraction of sp³-hybridized carbons (Fsp3) is 0.188. The zero-order valence-corrected chi connectivity index (χ0v) is 11.5. The number of hydrogen-bond donors (Lipinski definition) is 1. The lowest BCUT2D eigenvalue weighted by Crippen LogP contribution is -2.19. The topological polar surface area (TPSA) is 62.5 Å². The molecule has 0 spiro atoms. The van der Waals surface area contributed by atoms with Gasteiger partial charge in [-0.1, -0.05) is 6.07 Å². The third-order valence-electron chi connectivity index (χ3n) is 3.47. The van der Waals surface area contributed by atoms with Crippen molar-refractivity contribution in [1.82, 2.24) is 0 Å². The first-order chi connectivity index (χ1) is 10.2. The molecule has 5 heteroatoms. The molecule has 0 radical (unpaired) electrons. The highest BCUT2D eigenvalue weighted by atomic mass is 16.5. The second kappa shape index (κ2) is 6.00. The first-order valence-electron chi connectivity index (χ1n) is 6.84. The van der Waals surface area contributed by atoms with Crippen LogP contribution in [0.2, 0.25) is 0 Å². The van der Waals surface area contributed by atoms with Crippen molar-refractivity contribution in [1.29, 1.82) is 5.26 Å². The van der Waals surface area contributed by atoms with Gasteiger partial charge in [-0.3, -0.25) is 0 Å². The molecule has 21 heavy (non-hydrogen) atoms. The quantitative estimate of drug-likeness (QED) is 0.858. The summed E-state index contributed by atoms with van der Waals surface area (Å²) in [7, 11) is -0.725. The molecule has 2 aromatic carbocycles. The third kappa shape index (κ3) is 3.25. The third-order valence-corrected chi connectivity index (χ3v) is 3.47. The zero-order valence-electron chi connectivity index (χ0n) is 11.5. The van der Waals surface area contributed by atoms with Crippen LogP contribution in [0.25, 0.3) is 0 Å². The van der Waals surface area contributed by atoms with Crippen molar-refractivity contribution >= 4 is 7.12 Å². The van der Waals surface area contributed by atoms with Gasteiger partial charge in [0.1, 0.15) is 11.5 Å². The van der Waals surface area contributed by atoms with Gasteiger partial charge in [-0.05, 0) is 53.9 Å². The molecule has 0 atom stereocenters. The maximum Gasteiger partial charge on any atom is 0.458 e. The highest BCUT2D eigenvalue weighted by molar-refractivity contribution is 6.42. The van der Waals surface area contributed by atoms with Crippen LogP contribution in [0.4, 0.5) is 0 Å². The SMILES string of the molecule is N#Cc1ccc(Oc2ccc3c(c2)CCOB(O)C3)cc1. The van der Waals surface area contributed by atoms with Crippen molar-refractivity contribution in [2.45, 2.75) is 12.7 Å². The Morgan fingerprint density at radius 2 is 1.86 bits per heavy atom. The van der Waals surface area contributed by atoms with Crippen LogP contribution in [0.3, 0.4) is 0 Å². The summed E-state index contributed by atoms with van der Waals surface area (Å²) < 4.78 is 11.1. The maximum absolute atomic E-state index is 9.61. The number of rotatable bonds is 2. The number of benzene rings is 2. The summed E-state index contributed by atoms with van der Waals surface area (Å²) in [6.45, 7) is 0.508. The number of ether oxygens (including phenoxy) is 1. The van der Waals surface area contributed by atoms with E-state index in [1.165, 1.54) is 0 Å². The molecule has 0 aliphatic carbocycles. The van der Waals surface area contributed by atoms with E-state index in [9.17, 15) is 5.02 Å². The number of nitriles is 1. The summed E-state index contributed by atoms with van der Waals surface area (Å²) in [6.07, 6.45) is 1.27. The highest BCUT2D eigenvalue weighted by Crippen LogP contribution is 2.26. The van der Waals surface area contributed by atoms with Gasteiger partial charge in [0.15, 0.2) is 0 Å². The van der Waals surface area contributed by atoms with Crippen molar-refractivity contribution in [3.8, 4) is 17.6 Å². The molecule has 0 fully saturated rings. The molecule has 0 bridgehead atoms. The first kappa shape index (κ1) is 13.7. The van der Waals surface area contributed by atoms with E-state index in [4.69, 9.17) is 14.7 Å². The minimum absolute atomic E-state index is 0.506. The van der Waals surface area contributed by atoms with Crippen molar-refractivity contribution in [3.05, 3.63) is 59.2 Å². The molecule has 0 saturated carbocycles. The molecular weight excluding hydrogens is 265 g/mol. The van der Waals surface area contributed by atoms with Gasteiger partial charge in [0, 0.05) is 12.9 Å². The van der Waals surface area contributed by atoms with Crippen LogP contribution in [0.5, 0.6) is 11.5 Å². The van der Waals surface area contributed by atoms with Crippen molar-refractivity contribution in [3.63, 3.8) is 0 Å². The molecule has 4 nitrogen and oxygen atoms in total. The molecular formula is C16H14BNO3. The molecule has 0 aromatic heterocycles. The van der Waals surface area contributed by atoms with Crippen molar-refractivity contribution in [2.75, 3.05) is 6.61 Å². The number of hydrogen-bond acceptors (Lipinski definition) is 4. The average molecular weight is 279 g/mol. The van der Waals surface area contributed by atoms with E-state index in [-0.39, 0.29) is 0 Å². The predicted octanol–water partition coefficient (Wildman–Crippen LogP) is 2.49. The lowest BCUT2D eigenvalue weighted by atomic mass is 9.80. The Morgan fingerprint density at radius 3 is 2.62 bits per heavy atom. The Bertz CT molecular complexity index is 679. The summed E-state index contributed by atoms with van der Waals surface area (Å²) in [6, 6.07) is 14.9. The average Bonchev–Trinajstić information content (AvgIpc) is 2.68. The maximum atomic E-state index is 9.61. The minimum Gasteiger partial charge on any atom is -0.457 e. The summed E-state index contributed by atoms with van der Waals surface area (Å²) >= 11 is 0. The molecule has 0 unspecified atom stereocenters. The largest absolute Gasteiger partial charge is 0.458 e. The molecule has 104 valence electrons. The zero-order chi connectivity index (χ0) is 14.7. The van der Waals surface area contributed by atoms with E-state index in [2.05, 4.69) is 6.07 Å². The van der Waals surface area contributed by atoms with Gasteiger partial charge in [0.05, 0.1) is 11.6 Å². The Morgan fingerprint density at radius 1 is 1.10 bits per heavy atom. The Kier molecular flexibility index (Phi) is 3.91. The molecule has 1 aliphatic rings. The van der Waals surface area contributed by atoms with E-state index in [0.717, 1.165) is 23.3 Å². The second-order valence-corrected chi connectivity index (χ2v) is 4.95. The normalized spacial score (nSPS) is 14.0. The summed E-state index contributed by atoms with van der Waals surface area (Å²) in [4.78, 5) is 0. The standard InChI is InChI=1S/C16H14BNO3/c18-11-12-1-4-15(5-2-12)21-16-6-3-14-10-17(19)20-8-7-13(14)9-16/h1-6,9,19H,7-8,10H2. The molecule has 1 heterocycles. The smallest absolute Gasteiger partial charge is 0.457 e. The van der Waals surface area contributed by atoms with Gasteiger partial charge in [0.2, 0.25) is 0 Å². The van der Waals surface area contributed by atoms with Crippen LogP contribution >= 0.6 is 0 Å².